The van der Waals surface area contributed by atoms with Crippen LogP contribution in [0.5, 0.6) is 0 Å². The highest BCUT2D eigenvalue weighted by Crippen LogP contribution is 2.22. The first-order valence-corrected chi connectivity index (χ1v) is 12.6. The number of aromatic nitrogens is 4. The Labute approximate surface area is 233 Å². The number of carbonyl (C=O) groups excluding carboxylic acids is 2. The van der Waals surface area contributed by atoms with Crippen molar-refractivity contribution in [2.24, 2.45) is 0 Å². The number of carbonyl (C=O) groups is 2. The molecule has 2 aromatic heterocycles. The summed E-state index contributed by atoms with van der Waals surface area (Å²) in [4.78, 5) is 39.7. The van der Waals surface area contributed by atoms with Gasteiger partial charge in [0, 0.05) is 6.20 Å². The van der Waals surface area contributed by atoms with E-state index in [1.54, 1.807) is 47.6 Å². The van der Waals surface area contributed by atoms with Crippen molar-refractivity contribution in [1.29, 1.82) is 0 Å². The number of ether oxygens (including phenoxy) is 2. The van der Waals surface area contributed by atoms with Crippen molar-refractivity contribution >= 4 is 47.0 Å². The highest BCUT2D eigenvalue weighted by atomic mass is 35.5. The van der Waals surface area contributed by atoms with E-state index in [0.717, 1.165) is 6.20 Å². The van der Waals surface area contributed by atoms with Crippen LogP contribution in [0.25, 0.3) is 0 Å². The molecule has 2 heterocycles. The van der Waals surface area contributed by atoms with E-state index < -0.39 is 34.1 Å². The standard InChI is InChI=1S/C13H20ClN3O2.C12H17ClFN3O2/c1-6-13(5,10(18)19-12(2,3)4)17-11-15-8-7-9(14)16-11;1-11(2,3)19-9(18)12(4,5)17-10-15-6-7(14)8(13)16-10/h7-8H,6H2,1-5H3,(H,15,16,17);6H,1-5H3,(H,15,16,17)/t13-;/m1./s1. The molecule has 0 aromatic carbocycles. The number of hydrogen-bond acceptors (Lipinski definition) is 10. The first-order chi connectivity index (χ1) is 17.2. The molecule has 0 amide bonds. The van der Waals surface area contributed by atoms with Gasteiger partial charge in [0.1, 0.15) is 27.4 Å². The number of nitrogens with one attached hydrogen (secondary N) is 2. The third-order valence-corrected chi connectivity index (χ3v) is 5.08. The zero-order valence-corrected chi connectivity index (χ0v) is 25.0. The summed E-state index contributed by atoms with van der Waals surface area (Å²) in [5, 5.41) is 5.76. The van der Waals surface area contributed by atoms with Gasteiger partial charge in [-0.25, -0.2) is 28.9 Å². The maximum absolute atomic E-state index is 12.9. The summed E-state index contributed by atoms with van der Waals surface area (Å²) in [6.07, 6.45) is 3.00. The topological polar surface area (TPSA) is 128 Å². The maximum atomic E-state index is 12.9. The predicted octanol–water partition coefficient (Wildman–Crippen LogP) is 5.85. The fraction of sp³-hybridized carbons (Fsp3) is 0.600. The molecule has 212 valence electrons. The maximum Gasteiger partial charge on any atom is 0.332 e. The molecule has 0 saturated heterocycles. The van der Waals surface area contributed by atoms with Gasteiger partial charge in [-0.15, -0.1) is 0 Å². The lowest BCUT2D eigenvalue weighted by Crippen LogP contribution is -2.47. The van der Waals surface area contributed by atoms with Crippen LogP contribution in [0.2, 0.25) is 10.3 Å². The van der Waals surface area contributed by atoms with Gasteiger partial charge in [0.25, 0.3) is 0 Å². The quantitative estimate of drug-likeness (QED) is 0.306. The monoisotopic (exact) mass is 574 g/mol. The fourth-order valence-corrected chi connectivity index (χ4v) is 2.73. The molecule has 38 heavy (non-hydrogen) atoms. The highest BCUT2D eigenvalue weighted by Gasteiger charge is 2.36. The smallest absolute Gasteiger partial charge is 0.332 e. The molecule has 0 radical (unpaired) electrons. The van der Waals surface area contributed by atoms with Gasteiger partial charge < -0.3 is 20.1 Å². The van der Waals surface area contributed by atoms with Crippen LogP contribution in [0.4, 0.5) is 16.3 Å². The van der Waals surface area contributed by atoms with Gasteiger partial charge in [0.2, 0.25) is 11.9 Å². The van der Waals surface area contributed by atoms with Crippen LogP contribution in [0.15, 0.2) is 18.5 Å². The average molecular weight is 576 g/mol. The van der Waals surface area contributed by atoms with Gasteiger partial charge in [-0.1, -0.05) is 30.1 Å². The van der Waals surface area contributed by atoms with Crippen molar-refractivity contribution in [2.45, 2.75) is 97.9 Å². The summed E-state index contributed by atoms with van der Waals surface area (Å²) in [5.74, 6) is -1.16. The molecule has 0 spiro atoms. The minimum Gasteiger partial charge on any atom is -0.458 e. The third-order valence-electron chi connectivity index (χ3n) is 4.60. The lowest BCUT2D eigenvalue weighted by Gasteiger charge is -2.31. The molecule has 1 atom stereocenters. The molecule has 0 aliphatic carbocycles. The molecule has 10 nitrogen and oxygen atoms in total. The van der Waals surface area contributed by atoms with Crippen LogP contribution < -0.4 is 10.6 Å². The van der Waals surface area contributed by atoms with E-state index in [9.17, 15) is 14.0 Å². The van der Waals surface area contributed by atoms with Crippen molar-refractivity contribution in [2.75, 3.05) is 10.6 Å². The molecule has 0 unspecified atom stereocenters. The van der Waals surface area contributed by atoms with Crippen LogP contribution in [0.1, 0.15) is 75.7 Å². The Bertz CT molecular complexity index is 1120. The Balaban J connectivity index is 0.000000380. The van der Waals surface area contributed by atoms with Gasteiger partial charge in [0.05, 0.1) is 6.20 Å². The van der Waals surface area contributed by atoms with Gasteiger partial charge in [-0.2, -0.15) is 4.98 Å². The molecule has 2 aromatic rings. The summed E-state index contributed by atoms with van der Waals surface area (Å²) in [5.41, 5.74) is -3.09. The van der Waals surface area contributed by atoms with Crippen molar-refractivity contribution in [3.63, 3.8) is 0 Å². The summed E-state index contributed by atoms with van der Waals surface area (Å²) < 4.78 is 23.6. The van der Waals surface area contributed by atoms with Gasteiger partial charge in [-0.3, -0.25) is 0 Å². The Hall–Kier alpha value is -2.79. The Morgan fingerprint density at radius 2 is 1.39 bits per heavy atom. The van der Waals surface area contributed by atoms with Crippen LogP contribution in [-0.4, -0.2) is 54.2 Å². The molecule has 2 N–H and O–H groups in total. The van der Waals surface area contributed by atoms with Gasteiger partial charge in [0.15, 0.2) is 11.0 Å². The minimum absolute atomic E-state index is 0.0576. The van der Waals surface area contributed by atoms with E-state index in [1.165, 1.54) is 6.20 Å². The van der Waals surface area contributed by atoms with E-state index in [4.69, 9.17) is 32.7 Å². The number of rotatable bonds is 7. The van der Waals surface area contributed by atoms with E-state index >= 15 is 0 Å². The molecule has 13 heteroatoms. The largest absolute Gasteiger partial charge is 0.458 e. The Morgan fingerprint density at radius 3 is 1.87 bits per heavy atom. The second-order valence-corrected chi connectivity index (χ2v) is 11.8. The SMILES string of the molecule is CC(C)(C)OC(=O)C(C)(C)Nc1ncc(F)c(Cl)n1.CC[C@@](C)(Nc1nccc(Cl)n1)C(=O)OC(C)(C)C. The summed E-state index contributed by atoms with van der Waals surface area (Å²) >= 11 is 11.3. The molecule has 0 saturated carbocycles. The van der Waals surface area contributed by atoms with E-state index in [0.29, 0.717) is 17.5 Å². The summed E-state index contributed by atoms with van der Waals surface area (Å²) in [7, 11) is 0. The number of hydrogen-bond donors (Lipinski definition) is 2. The number of nitrogens with zero attached hydrogens (tertiary/aromatic N) is 4. The van der Waals surface area contributed by atoms with Crippen molar-refractivity contribution in [3.05, 3.63) is 34.6 Å². The lowest BCUT2D eigenvalue weighted by molar-refractivity contribution is -0.160. The zero-order valence-electron chi connectivity index (χ0n) is 23.5. The molecule has 0 bridgehead atoms. The van der Waals surface area contributed by atoms with Crippen LogP contribution in [0, 0.1) is 5.82 Å². The van der Waals surface area contributed by atoms with E-state index in [-0.39, 0.29) is 17.1 Å². The predicted molar refractivity (Wildman–Crippen MR) is 146 cm³/mol. The highest BCUT2D eigenvalue weighted by molar-refractivity contribution is 6.29. The second kappa shape index (κ2) is 12.8. The van der Waals surface area contributed by atoms with Gasteiger partial charge in [-0.05, 0) is 74.8 Å². The third kappa shape index (κ3) is 11.3. The normalized spacial score (nSPS) is 13.4. The number of halogens is 3. The minimum atomic E-state index is -1.06. The summed E-state index contributed by atoms with van der Waals surface area (Å²) in [6, 6.07) is 1.57. The molecular formula is C25H37Cl2FN6O4. The van der Waals surface area contributed by atoms with Crippen LogP contribution in [0.3, 0.4) is 0 Å². The molecule has 0 aliphatic heterocycles. The fourth-order valence-electron chi connectivity index (χ4n) is 2.46. The van der Waals surface area contributed by atoms with Gasteiger partial charge >= 0.3 is 11.9 Å². The van der Waals surface area contributed by atoms with Crippen LogP contribution >= 0.6 is 23.2 Å². The van der Waals surface area contributed by atoms with E-state index in [2.05, 4.69) is 30.6 Å². The first-order valence-electron chi connectivity index (χ1n) is 11.9. The average Bonchev–Trinajstić information content (AvgIpc) is 2.74. The Kier molecular flexibility index (Phi) is 11.2. The van der Waals surface area contributed by atoms with Crippen molar-refractivity contribution in [3.8, 4) is 0 Å². The molecule has 0 aliphatic rings. The molecule has 0 fully saturated rings. The molecular weight excluding hydrogens is 538 g/mol. The Morgan fingerprint density at radius 1 is 0.868 bits per heavy atom. The number of anilines is 2. The van der Waals surface area contributed by atoms with Crippen molar-refractivity contribution < 1.29 is 23.5 Å². The summed E-state index contributed by atoms with van der Waals surface area (Å²) in [6.45, 7) is 17.7. The van der Waals surface area contributed by atoms with Crippen molar-refractivity contribution in [1.82, 2.24) is 19.9 Å². The first kappa shape index (κ1) is 33.2. The number of esters is 2. The second-order valence-electron chi connectivity index (χ2n) is 11.1. The molecule has 2 rings (SSSR count). The van der Waals surface area contributed by atoms with Crippen LogP contribution in [-0.2, 0) is 19.1 Å². The lowest BCUT2D eigenvalue weighted by atomic mass is 9.99. The van der Waals surface area contributed by atoms with E-state index in [1.807, 2.05) is 27.7 Å². The zero-order chi connectivity index (χ0) is 29.5.